The zero-order valence-electron chi connectivity index (χ0n) is 22.8. The Bertz CT molecular complexity index is 1250. The van der Waals surface area contributed by atoms with Crippen molar-refractivity contribution in [3.05, 3.63) is 82.9 Å². The van der Waals surface area contributed by atoms with Crippen molar-refractivity contribution >= 4 is 5.78 Å². The molecule has 1 saturated heterocycles. The number of nitrogens with zero attached hydrogens (tertiary/aromatic N) is 1. The van der Waals surface area contributed by atoms with E-state index in [1.54, 1.807) is 36.4 Å². The van der Waals surface area contributed by atoms with Crippen LogP contribution in [0.5, 0.6) is 23.0 Å². The van der Waals surface area contributed by atoms with E-state index in [0.717, 1.165) is 61.3 Å². The van der Waals surface area contributed by atoms with Crippen molar-refractivity contribution in [3.63, 3.8) is 0 Å². The highest BCUT2D eigenvalue weighted by atomic mass is 16.5. The lowest BCUT2D eigenvalue weighted by Gasteiger charge is -2.34. The Hall–Kier alpha value is -3.51. The molecule has 2 aliphatic heterocycles. The third-order valence-corrected chi connectivity index (χ3v) is 7.89. The van der Waals surface area contributed by atoms with Crippen LogP contribution in [0, 0.1) is 0 Å². The molecule has 6 nitrogen and oxygen atoms in total. The average molecular weight is 530 g/mol. The summed E-state index contributed by atoms with van der Waals surface area (Å²) < 4.78 is 12.5. The van der Waals surface area contributed by atoms with Crippen LogP contribution in [0.3, 0.4) is 0 Å². The van der Waals surface area contributed by atoms with E-state index in [4.69, 9.17) is 9.47 Å². The first kappa shape index (κ1) is 27.1. The number of ketones is 1. The molecule has 0 radical (unpaired) electrons. The molecule has 0 unspecified atom stereocenters. The molecule has 0 aliphatic carbocycles. The molecule has 2 heterocycles. The Balaban J connectivity index is 1.41. The van der Waals surface area contributed by atoms with Gasteiger partial charge in [-0.3, -0.25) is 9.69 Å². The second-order valence-electron chi connectivity index (χ2n) is 10.7. The number of Topliss-reactive ketones (excluding diaryl/α,β-unsaturated/α-hetero) is 1. The topological polar surface area (TPSA) is 79.2 Å². The zero-order chi connectivity index (χ0) is 27.2. The van der Waals surface area contributed by atoms with E-state index in [1.165, 1.54) is 19.3 Å². The molecule has 5 rings (SSSR count). The molecule has 3 aromatic carbocycles. The fourth-order valence-electron chi connectivity index (χ4n) is 5.79. The molecule has 3 aromatic rings. The highest BCUT2D eigenvalue weighted by Gasteiger charge is 2.40. The molecule has 0 saturated carbocycles. The summed E-state index contributed by atoms with van der Waals surface area (Å²) in [6.45, 7) is 5.99. The summed E-state index contributed by atoms with van der Waals surface area (Å²) in [6.07, 6.45) is 7.03. The maximum atomic E-state index is 14.2. The van der Waals surface area contributed by atoms with E-state index >= 15 is 0 Å². The summed E-state index contributed by atoms with van der Waals surface area (Å²) in [6, 6.07) is 17.8. The molecule has 0 spiro atoms. The van der Waals surface area contributed by atoms with Crippen molar-refractivity contribution in [2.45, 2.75) is 63.9 Å². The number of aryl methyl sites for hydroxylation is 1. The lowest BCUT2D eigenvalue weighted by molar-refractivity contribution is 0.0779. The van der Waals surface area contributed by atoms with Gasteiger partial charge in [-0.15, -0.1) is 0 Å². The number of likely N-dealkylation sites (tertiary alicyclic amines) is 1. The van der Waals surface area contributed by atoms with Crippen LogP contribution in [0.25, 0.3) is 0 Å². The molecule has 39 heavy (non-hydrogen) atoms. The van der Waals surface area contributed by atoms with Crippen molar-refractivity contribution in [1.29, 1.82) is 0 Å². The fraction of sp³-hybridized carbons (Fsp3) is 0.424. The van der Waals surface area contributed by atoms with Gasteiger partial charge in [0, 0.05) is 12.6 Å². The molecular weight excluding hydrogens is 490 g/mol. The number of hydrogen-bond donors (Lipinski definition) is 2. The fourth-order valence-corrected chi connectivity index (χ4v) is 5.79. The largest absolute Gasteiger partial charge is 0.508 e. The summed E-state index contributed by atoms with van der Waals surface area (Å²) in [4.78, 5) is 16.6. The number of carbonyl (C=O) groups is 1. The lowest BCUT2D eigenvalue weighted by atomic mass is 9.79. The summed E-state index contributed by atoms with van der Waals surface area (Å²) >= 11 is 0. The number of phenolic OH excluding ortho intramolecular Hbond substituents is 2. The number of hydrogen-bond acceptors (Lipinski definition) is 6. The van der Waals surface area contributed by atoms with E-state index in [1.807, 2.05) is 24.3 Å². The number of benzene rings is 3. The Kier molecular flexibility index (Phi) is 8.72. The minimum absolute atomic E-state index is 0.0275. The van der Waals surface area contributed by atoms with Gasteiger partial charge in [0.05, 0.1) is 11.5 Å². The second-order valence-corrected chi connectivity index (χ2v) is 10.7. The van der Waals surface area contributed by atoms with Crippen LogP contribution in [0.2, 0.25) is 0 Å². The summed E-state index contributed by atoms with van der Waals surface area (Å²) in [7, 11) is 0. The lowest BCUT2D eigenvalue weighted by Crippen LogP contribution is -2.33. The summed E-state index contributed by atoms with van der Waals surface area (Å²) in [5, 5.41) is 20.3. The smallest absolute Gasteiger partial charge is 0.178 e. The maximum Gasteiger partial charge on any atom is 0.178 e. The van der Waals surface area contributed by atoms with Crippen molar-refractivity contribution in [2.24, 2.45) is 0 Å². The van der Waals surface area contributed by atoms with Crippen LogP contribution < -0.4 is 9.47 Å². The van der Waals surface area contributed by atoms with Crippen molar-refractivity contribution in [2.75, 3.05) is 26.2 Å². The molecule has 1 fully saturated rings. The SMILES string of the molecule is CCCCCc1cc(O)cc2c1C(=O)[C@@H](c1ccc(O)cc1)[C@@H](c1ccc(OCCN3CCCCC3)cc1)O2. The quantitative estimate of drug-likeness (QED) is 0.281. The van der Waals surface area contributed by atoms with Gasteiger partial charge in [-0.1, -0.05) is 50.5 Å². The number of carbonyl (C=O) groups excluding carboxylic acids is 1. The van der Waals surface area contributed by atoms with Crippen molar-refractivity contribution in [1.82, 2.24) is 4.90 Å². The standard InChI is InChI=1S/C33H39NO5/c1-2-3-5-8-25-21-27(36)22-29-30(25)32(37)31(23-9-13-26(35)14-10-23)33(39-29)24-11-15-28(16-12-24)38-20-19-34-17-6-4-7-18-34/h9-16,21-22,31,33,35-36H,2-8,17-20H2,1H3/t31-,33-/m1/s1. The minimum atomic E-state index is -0.585. The van der Waals surface area contributed by atoms with Gasteiger partial charge in [-0.25, -0.2) is 0 Å². The monoisotopic (exact) mass is 529 g/mol. The van der Waals surface area contributed by atoms with Gasteiger partial charge >= 0.3 is 0 Å². The number of phenols is 2. The van der Waals surface area contributed by atoms with E-state index in [-0.39, 0.29) is 17.3 Å². The van der Waals surface area contributed by atoms with Crippen LogP contribution in [0.15, 0.2) is 60.7 Å². The van der Waals surface area contributed by atoms with Crippen molar-refractivity contribution in [3.8, 4) is 23.0 Å². The van der Waals surface area contributed by atoms with E-state index < -0.39 is 12.0 Å². The molecule has 2 N–H and O–H groups in total. The van der Waals surface area contributed by atoms with E-state index in [2.05, 4.69) is 11.8 Å². The molecule has 0 bridgehead atoms. The van der Waals surface area contributed by atoms with Crippen LogP contribution >= 0.6 is 0 Å². The van der Waals surface area contributed by atoms with Crippen LogP contribution in [0.4, 0.5) is 0 Å². The number of rotatable bonds is 10. The normalized spacial score (nSPS) is 19.4. The molecule has 0 amide bonds. The van der Waals surface area contributed by atoms with E-state index in [9.17, 15) is 15.0 Å². The first-order valence-corrected chi connectivity index (χ1v) is 14.3. The number of unbranched alkanes of at least 4 members (excludes halogenated alkanes) is 2. The van der Waals surface area contributed by atoms with Gasteiger partial charge in [-0.2, -0.15) is 0 Å². The Morgan fingerprint density at radius 2 is 1.62 bits per heavy atom. The Labute approximate surface area is 231 Å². The molecule has 206 valence electrons. The maximum absolute atomic E-state index is 14.2. The van der Waals surface area contributed by atoms with Gasteiger partial charge in [0.1, 0.15) is 35.7 Å². The van der Waals surface area contributed by atoms with Crippen LogP contribution in [0.1, 0.15) is 84.5 Å². The number of fused-ring (bicyclic) bond motifs is 1. The predicted octanol–water partition coefficient (Wildman–Crippen LogP) is 6.80. The second kappa shape index (κ2) is 12.6. The molecule has 2 atom stereocenters. The number of piperidine rings is 1. The summed E-state index contributed by atoms with van der Waals surface area (Å²) in [5.41, 5.74) is 3.01. The third kappa shape index (κ3) is 6.39. The first-order chi connectivity index (χ1) is 19.0. The summed E-state index contributed by atoms with van der Waals surface area (Å²) in [5.74, 6) is 0.853. The van der Waals surface area contributed by atoms with Crippen LogP contribution in [-0.4, -0.2) is 47.1 Å². The minimum Gasteiger partial charge on any atom is -0.508 e. The highest BCUT2D eigenvalue weighted by molar-refractivity contribution is 6.06. The molecule has 2 aliphatic rings. The molecular formula is C33H39NO5. The number of aromatic hydroxyl groups is 2. The van der Waals surface area contributed by atoms with E-state index in [0.29, 0.717) is 24.3 Å². The van der Waals surface area contributed by atoms with Gasteiger partial charge in [0.2, 0.25) is 0 Å². The Morgan fingerprint density at radius 1 is 0.897 bits per heavy atom. The Morgan fingerprint density at radius 3 is 2.33 bits per heavy atom. The van der Waals surface area contributed by atoms with Gasteiger partial charge < -0.3 is 19.7 Å². The number of ether oxygens (including phenoxy) is 2. The highest BCUT2D eigenvalue weighted by Crippen LogP contribution is 2.47. The third-order valence-electron chi connectivity index (χ3n) is 7.89. The molecule has 6 heteroatoms. The molecule has 0 aromatic heterocycles. The van der Waals surface area contributed by atoms with Crippen molar-refractivity contribution < 1.29 is 24.5 Å². The zero-order valence-corrected chi connectivity index (χ0v) is 22.8. The van der Waals surface area contributed by atoms with Gasteiger partial charge in [0.15, 0.2) is 5.78 Å². The first-order valence-electron chi connectivity index (χ1n) is 14.3. The van der Waals surface area contributed by atoms with Gasteiger partial charge in [-0.05, 0) is 85.8 Å². The van der Waals surface area contributed by atoms with Crippen LogP contribution in [-0.2, 0) is 6.42 Å². The average Bonchev–Trinajstić information content (AvgIpc) is 2.94. The predicted molar refractivity (Wildman–Crippen MR) is 152 cm³/mol. The van der Waals surface area contributed by atoms with Gasteiger partial charge in [0.25, 0.3) is 0 Å².